The average Bonchev–Trinajstić information content (AvgIpc) is 2.49. The van der Waals surface area contributed by atoms with Gasteiger partial charge in [-0.05, 0) is 24.1 Å². The average molecular weight is 304 g/mol. The number of hydrogen-bond donors (Lipinski definition) is 1. The minimum absolute atomic E-state index is 0.0266. The lowest BCUT2D eigenvalue weighted by Gasteiger charge is -2.15. The first-order valence-electron chi connectivity index (χ1n) is 6.56. The first kappa shape index (κ1) is 15.2. The Morgan fingerprint density at radius 1 is 1.19 bits per heavy atom. The predicted octanol–water partition coefficient (Wildman–Crippen LogP) is 2.08. The van der Waals surface area contributed by atoms with E-state index in [0.717, 1.165) is 5.56 Å². The van der Waals surface area contributed by atoms with E-state index in [9.17, 15) is 13.2 Å². The molecule has 6 heteroatoms. The van der Waals surface area contributed by atoms with Gasteiger partial charge in [-0.25, -0.2) is 13.1 Å². The van der Waals surface area contributed by atoms with Crippen molar-refractivity contribution in [2.24, 2.45) is 0 Å². The number of nitrogens with zero attached hydrogens (tertiary/aromatic N) is 1. The lowest BCUT2D eigenvalue weighted by Crippen LogP contribution is -2.34. The molecule has 0 aliphatic carbocycles. The summed E-state index contributed by atoms with van der Waals surface area (Å²) in [4.78, 5) is 16.0. The van der Waals surface area contributed by atoms with E-state index >= 15 is 0 Å². The highest BCUT2D eigenvalue weighted by Crippen LogP contribution is 2.20. The Bertz CT molecular complexity index is 700. The molecule has 2 aromatic rings. The molecule has 1 unspecified atom stereocenters. The first-order valence-corrected chi connectivity index (χ1v) is 8.04. The molecule has 1 aromatic heterocycles. The molecule has 2 rings (SSSR count). The van der Waals surface area contributed by atoms with Crippen LogP contribution in [0.4, 0.5) is 0 Å². The second kappa shape index (κ2) is 6.49. The summed E-state index contributed by atoms with van der Waals surface area (Å²) in [6, 6.07) is 12.0. The van der Waals surface area contributed by atoms with Crippen LogP contribution in [0.2, 0.25) is 0 Å². The largest absolute Gasteiger partial charge is 0.273 e. The van der Waals surface area contributed by atoms with E-state index in [-0.39, 0.29) is 4.90 Å². The Labute approximate surface area is 124 Å². The van der Waals surface area contributed by atoms with Crippen molar-refractivity contribution >= 4 is 15.9 Å². The monoisotopic (exact) mass is 304 g/mol. The highest BCUT2D eigenvalue weighted by molar-refractivity contribution is 7.90. The van der Waals surface area contributed by atoms with E-state index in [1.807, 2.05) is 37.3 Å². The molecule has 0 radical (unpaired) electrons. The molecule has 1 atom stereocenters. The minimum Gasteiger partial charge on any atom is -0.273 e. The van der Waals surface area contributed by atoms with E-state index in [0.29, 0.717) is 6.42 Å². The molecular formula is C15H16N2O3S. The molecule has 1 N–H and O–H groups in total. The predicted molar refractivity (Wildman–Crippen MR) is 79.0 cm³/mol. The Hall–Kier alpha value is -2.21. The molecule has 0 aliphatic heterocycles. The Kier molecular flexibility index (Phi) is 4.70. The Morgan fingerprint density at radius 3 is 2.48 bits per heavy atom. The second-order valence-corrected chi connectivity index (χ2v) is 6.21. The molecule has 0 bridgehead atoms. The van der Waals surface area contributed by atoms with Gasteiger partial charge in [0.1, 0.15) is 4.90 Å². The van der Waals surface area contributed by atoms with Gasteiger partial charge in [-0.3, -0.25) is 9.78 Å². The molecule has 0 saturated carbocycles. The number of carbonyl (C=O) groups excluding carboxylic acids is 1. The van der Waals surface area contributed by atoms with Gasteiger partial charge >= 0.3 is 0 Å². The van der Waals surface area contributed by atoms with Crippen molar-refractivity contribution in [1.82, 2.24) is 9.71 Å². The summed E-state index contributed by atoms with van der Waals surface area (Å²) in [6.45, 7) is 1.84. The van der Waals surface area contributed by atoms with Gasteiger partial charge in [0.2, 0.25) is 5.91 Å². The maximum Gasteiger partial charge on any atom is 0.265 e. The lowest BCUT2D eigenvalue weighted by atomic mass is 9.96. The number of sulfonamides is 1. The topological polar surface area (TPSA) is 76.1 Å². The van der Waals surface area contributed by atoms with Gasteiger partial charge in [-0.15, -0.1) is 0 Å². The van der Waals surface area contributed by atoms with E-state index in [2.05, 4.69) is 9.71 Å². The summed E-state index contributed by atoms with van der Waals surface area (Å²) >= 11 is 0. The number of pyridine rings is 1. The smallest absolute Gasteiger partial charge is 0.265 e. The molecular weight excluding hydrogens is 288 g/mol. The van der Waals surface area contributed by atoms with Gasteiger partial charge in [0.15, 0.2) is 0 Å². The van der Waals surface area contributed by atoms with Gasteiger partial charge in [-0.2, -0.15) is 0 Å². The lowest BCUT2D eigenvalue weighted by molar-refractivity contribution is -0.120. The van der Waals surface area contributed by atoms with Gasteiger partial charge in [0.25, 0.3) is 10.0 Å². The van der Waals surface area contributed by atoms with Crippen LogP contribution in [0, 0.1) is 0 Å². The fraction of sp³-hybridized carbons (Fsp3) is 0.200. The molecule has 21 heavy (non-hydrogen) atoms. The second-order valence-electron chi connectivity index (χ2n) is 4.53. The van der Waals surface area contributed by atoms with E-state index in [1.165, 1.54) is 24.5 Å². The summed E-state index contributed by atoms with van der Waals surface area (Å²) in [7, 11) is -3.88. The van der Waals surface area contributed by atoms with Crippen molar-refractivity contribution in [1.29, 1.82) is 0 Å². The van der Waals surface area contributed by atoms with Crippen LogP contribution in [0.15, 0.2) is 59.8 Å². The fourth-order valence-electron chi connectivity index (χ4n) is 2.03. The van der Waals surface area contributed by atoms with Crippen LogP contribution in [-0.2, 0) is 14.8 Å². The molecule has 1 aromatic carbocycles. The molecule has 1 amide bonds. The zero-order valence-corrected chi connectivity index (χ0v) is 12.4. The number of aromatic nitrogens is 1. The number of amides is 1. The molecule has 0 spiro atoms. The molecule has 1 heterocycles. The summed E-state index contributed by atoms with van der Waals surface area (Å²) in [5.74, 6) is -1.04. The quantitative estimate of drug-likeness (QED) is 0.917. The fourth-order valence-corrected chi connectivity index (χ4v) is 3.01. The summed E-state index contributed by atoms with van der Waals surface area (Å²) in [5, 5.41) is 0. The van der Waals surface area contributed by atoms with Crippen molar-refractivity contribution in [2.45, 2.75) is 24.2 Å². The van der Waals surface area contributed by atoms with Gasteiger partial charge in [-0.1, -0.05) is 37.3 Å². The number of nitrogens with one attached hydrogen (secondary N) is 1. The maximum absolute atomic E-state index is 12.3. The van der Waals surface area contributed by atoms with Crippen LogP contribution >= 0.6 is 0 Å². The standard InChI is InChI=1S/C15H16N2O3S/c1-2-14(12-7-4-3-5-8-12)15(18)17-21(19,20)13-9-6-10-16-11-13/h3-11,14H,2H2,1H3,(H,17,18). The maximum atomic E-state index is 12.3. The van der Waals surface area contributed by atoms with Crippen molar-refractivity contribution in [3.8, 4) is 0 Å². The molecule has 5 nitrogen and oxygen atoms in total. The summed E-state index contributed by atoms with van der Waals surface area (Å²) in [5.41, 5.74) is 0.791. The molecule has 110 valence electrons. The molecule has 0 aliphatic rings. The Balaban J connectivity index is 2.21. The SMILES string of the molecule is CCC(C(=O)NS(=O)(=O)c1cccnc1)c1ccccc1. The van der Waals surface area contributed by atoms with E-state index < -0.39 is 21.8 Å². The Morgan fingerprint density at radius 2 is 1.90 bits per heavy atom. The zero-order chi connectivity index (χ0) is 15.3. The van der Waals surface area contributed by atoms with Crippen LogP contribution in [0.1, 0.15) is 24.8 Å². The van der Waals surface area contributed by atoms with Crippen molar-refractivity contribution in [2.75, 3.05) is 0 Å². The number of rotatable bonds is 5. The van der Waals surface area contributed by atoms with Crippen LogP contribution in [0.3, 0.4) is 0 Å². The molecule has 0 saturated heterocycles. The summed E-state index contributed by atoms with van der Waals surface area (Å²) < 4.78 is 26.4. The van der Waals surface area contributed by atoms with Crippen LogP contribution in [-0.4, -0.2) is 19.3 Å². The molecule has 0 fully saturated rings. The highest BCUT2D eigenvalue weighted by Gasteiger charge is 2.24. The third-order valence-corrected chi connectivity index (χ3v) is 4.44. The number of hydrogen-bond acceptors (Lipinski definition) is 4. The third-order valence-electron chi connectivity index (χ3n) is 3.11. The highest BCUT2D eigenvalue weighted by atomic mass is 32.2. The van der Waals surface area contributed by atoms with Crippen molar-refractivity contribution < 1.29 is 13.2 Å². The third kappa shape index (κ3) is 3.66. The van der Waals surface area contributed by atoms with E-state index in [1.54, 1.807) is 0 Å². The van der Waals surface area contributed by atoms with Gasteiger partial charge in [0.05, 0.1) is 5.92 Å². The van der Waals surface area contributed by atoms with Gasteiger partial charge in [0, 0.05) is 12.4 Å². The van der Waals surface area contributed by atoms with Crippen LogP contribution in [0.25, 0.3) is 0 Å². The normalized spacial score (nSPS) is 12.6. The van der Waals surface area contributed by atoms with Crippen molar-refractivity contribution in [3.63, 3.8) is 0 Å². The first-order chi connectivity index (χ1) is 10.0. The van der Waals surface area contributed by atoms with Crippen molar-refractivity contribution in [3.05, 3.63) is 60.4 Å². The number of carbonyl (C=O) groups is 1. The summed E-state index contributed by atoms with van der Waals surface area (Å²) in [6.07, 6.45) is 3.19. The minimum atomic E-state index is -3.88. The van der Waals surface area contributed by atoms with E-state index in [4.69, 9.17) is 0 Å². The number of benzene rings is 1. The van der Waals surface area contributed by atoms with Crippen LogP contribution < -0.4 is 4.72 Å². The van der Waals surface area contributed by atoms with Crippen LogP contribution in [0.5, 0.6) is 0 Å². The zero-order valence-electron chi connectivity index (χ0n) is 11.6. The van der Waals surface area contributed by atoms with Gasteiger partial charge < -0.3 is 0 Å².